The van der Waals surface area contributed by atoms with Gasteiger partial charge < -0.3 is 10.1 Å². The summed E-state index contributed by atoms with van der Waals surface area (Å²) in [5.74, 6) is -0.424. The highest BCUT2D eigenvalue weighted by molar-refractivity contribution is 7.89. The normalized spacial score (nSPS) is 14.4. The summed E-state index contributed by atoms with van der Waals surface area (Å²) in [4.78, 5) is 29.1. The monoisotopic (exact) mass is 500 g/mol. The molecule has 4 rings (SSSR count). The summed E-state index contributed by atoms with van der Waals surface area (Å²) in [5, 5.41) is 6.04. The average Bonchev–Trinajstić information content (AvgIpc) is 3.26. The summed E-state index contributed by atoms with van der Waals surface area (Å²) in [5.41, 5.74) is 1.55. The second-order valence-electron chi connectivity index (χ2n) is 7.62. The molecule has 0 aliphatic carbocycles. The number of piperidine rings is 1. The number of benzene rings is 2. The van der Waals surface area contributed by atoms with Crippen LogP contribution in [-0.4, -0.2) is 49.9 Å². The third-order valence-corrected chi connectivity index (χ3v) is 8.16. The van der Waals surface area contributed by atoms with Crippen LogP contribution in [0.1, 0.15) is 29.6 Å². The maximum Gasteiger partial charge on any atom is 0.413 e. The fourth-order valence-corrected chi connectivity index (χ4v) is 5.98. The van der Waals surface area contributed by atoms with Crippen molar-refractivity contribution < 1.29 is 22.7 Å². The Kier molecular flexibility index (Phi) is 7.25. The smallest absolute Gasteiger partial charge is 0.413 e. The Morgan fingerprint density at radius 3 is 2.29 bits per heavy atom. The lowest BCUT2D eigenvalue weighted by atomic mass is 10.1. The third kappa shape index (κ3) is 5.27. The molecule has 0 atom stereocenters. The zero-order valence-corrected chi connectivity index (χ0v) is 20.1. The van der Waals surface area contributed by atoms with Crippen LogP contribution < -0.4 is 10.6 Å². The van der Waals surface area contributed by atoms with Crippen molar-refractivity contribution in [3.8, 4) is 11.3 Å². The number of nitrogens with one attached hydrogen (secondary N) is 2. The van der Waals surface area contributed by atoms with E-state index in [1.165, 1.54) is 35.7 Å². The molecule has 2 amide bonds. The van der Waals surface area contributed by atoms with E-state index in [0.29, 0.717) is 29.3 Å². The van der Waals surface area contributed by atoms with Gasteiger partial charge in [-0.1, -0.05) is 48.1 Å². The number of carbonyl (C=O) groups excluding carboxylic acids is 2. The van der Waals surface area contributed by atoms with E-state index in [9.17, 15) is 18.0 Å². The first-order valence-electron chi connectivity index (χ1n) is 10.7. The fraction of sp³-hybridized carbons (Fsp3) is 0.261. The molecule has 11 heteroatoms. The first-order chi connectivity index (χ1) is 16.4. The van der Waals surface area contributed by atoms with Gasteiger partial charge in [-0.25, -0.2) is 18.2 Å². The van der Waals surface area contributed by atoms with Gasteiger partial charge in [-0.15, -0.1) is 0 Å². The summed E-state index contributed by atoms with van der Waals surface area (Å²) < 4.78 is 31.8. The SMILES string of the molecule is COC(=O)Nc1nc(-c2ccccc2)c(NC(=O)c2ccc(S(=O)(=O)N3CCCCC3)cc2)s1. The highest BCUT2D eigenvalue weighted by Crippen LogP contribution is 2.36. The minimum atomic E-state index is -3.58. The highest BCUT2D eigenvalue weighted by atomic mass is 32.2. The molecule has 9 nitrogen and oxygen atoms in total. The average molecular weight is 501 g/mol. The Hall–Kier alpha value is -3.28. The maximum atomic E-state index is 12.9. The van der Waals surface area contributed by atoms with E-state index in [4.69, 9.17) is 0 Å². The minimum absolute atomic E-state index is 0.165. The van der Waals surface area contributed by atoms with Crippen molar-refractivity contribution in [2.45, 2.75) is 24.2 Å². The Morgan fingerprint density at radius 1 is 0.971 bits per heavy atom. The van der Waals surface area contributed by atoms with E-state index in [-0.39, 0.29) is 10.0 Å². The van der Waals surface area contributed by atoms with Gasteiger partial charge in [-0.3, -0.25) is 10.1 Å². The van der Waals surface area contributed by atoms with Gasteiger partial charge >= 0.3 is 6.09 Å². The van der Waals surface area contributed by atoms with E-state index < -0.39 is 22.0 Å². The molecule has 2 heterocycles. The first-order valence-corrected chi connectivity index (χ1v) is 13.0. The molecule has 0 unspecified atom stereocenters. The predicted molar refractivity (Wildman–Crippen MR) is 131 cm³/mol. The van der Waals surface area contributed by atoms with Gasteiger partial charge in [0, 0.05) is 24.2 Å². The van der Waals surface area contributed by atoms with E-state index in [0.717, 1.165) is 36.2 Å². The van der Waals surface area contributed by atoms with Crippen molar-refractivity contribution in [3.05, 3.63) is 60.2 Å². The van der Waals surface area contributed by atoms with Crippen LogP contribution in [0.5, 0.6) is 0 Å². The number of methoxy groups -OCH3 is 1. The number of rotatable bonds is 6. The Bertz CT molecular complexity index is 1270. The van der Waals surface area contributed by atoms with Gasteiger partial charge in [0.25, 0.3) is 5.91 Å². The molecule has 2 N–H and O–H groups in total. The topological polar surface area (TPSA) is 118 Å². The van der Waals surface area contributed by atoms with Crippen LogP contribution in [-0.2, 0) is 14.8 Å². The molecule has 1 fully saturated rings. The lowest BCUT2D eigenvalue weighted by molar-refractivity contribution is 0.102. The van der Waals surface area contributed by atoms with Gasteiger partial charge in [0.15, 0.2) is 5.13 Å². The molecule has 0 bridgehead atoms. The molecule has 0 spiro atoms. The summed E-state index contributed by atoms with van der Waals surface area (Å²) in [6.07, 6.45) is 2.07. The van der Waals surface area contributed by atoms with Crippen molar-refractivity contribution in [2.24, 2.45) is 0 Å². The zero-order chi connectivity index (χ0) is 24.1. The Balaban J connectivity index is 1.55. The van der Waals surface area contributed by atoms with Crippen LogP contribution in [0.15, 0.2) is 59.5 Å². The Morgan fingerprint density at radius 2 is 1.65 bits per heavy atom. The highest BCUT2D eigenvalue weighted by Gasteiger charge is 2.26. The van der Waals surface area contributed by atoms with Crippen LogP contribution in [0, 0.1) is 0 Å². The number of thiazole rings is 1. The largest absolute Gasteiger partial charge is 0.453 e. The van der Waals surface area contributed by atoms with Gasteiger partial charge in [-0.2, -0.15) is 4.31 Å². The summed E-state index contributed by atoms with van der Waals surface area (Å²) in [7, 11) is -2.33. The van der Waals surface area contributed by atoms with Crippen LogP contribution in [0.4, 0.5) is 14.9 Å². The molecular formula is C23H24N4O5S2. The molecule has 1 aromatic heterocycles. The predicted octanol–water partition coefficient (Wildman–Crippen LogP) is 4.42. The molecule has 1 aliphatic rings. The Labute approximate surface area is 201 Å². The quantitative estimate of drug-likeness (QED) is 0.518. The van der Waals surface area contributed by atoms with Crippen LogP contribution in [0.2, 0.25) is 0 Å². The molecule has 0 saturated carbocycles. The van der Waals surface area contributed by atoms with Crippen molar-refractivity contribution in [1.82, 2.24) is 9.29 Å². The summed E-state index contributed by atoms with van der Waals surface area (Å²) in [6, 6.07) is 15.1. The zero-order valence-electron chi connectivity index (χ0n) is 18.5. The maximum absolute atomic E-state index is 12.9. The molecule has 1 saturated heterocycles. The van der Waals surface area contributed by atoms with Crippen LogP contribution in [0.3, 0.4) is 0 Å². The van der Waals surface area contributed by atoms with E-state index in [1.54, 1.807) is 0 Å². The van der Waals surface area contributed by atoms with E-state index in [1.807, 2.05) is 30.3 Å². The van der Waals surface area contributed by atoms with Gasteiger partial charge in [-0.05, 0) is 37.1 Å². The second kappa shape index (κ2) is 10.3. The second-order valence-corrected chi connectivity index (χ2v) is 10.6. The number of carbonyl (C=O) groups is 2. The third-order valence-electron chi connectivity index (χ3n) is 5.37. The molecule has 2 aromatic carbocycles. The van der Waals surface area contributed by atoms with Crippen molar-refractivity contribution >= 4 is 43.5 Å². The summed E-state index contributed by atoms with van der Waals surface area (Å²) in [6.45, 7) is 1.03. The fourth-order valence-electron chi connectivity index (χ4n) is 3.60. The number of sulfonamides is 1. The molecule has 178 valence electrons. The number of anilines is 2. The number of ether oxygens (including phenoxy) is 1. The standard InChI is InChI=1S/C23H24N4O5S2/c1-32-23(29)26-22-24-19(16-8-4-2-5-9-16)21(33-22)25-20(28)17-10-12-18(13-11-17)34(30,31)27-14-6-3-7-15-27/h2,4-5,8-13H,3,6-7,14-15H2,1H3,(H,25,28)(H,24,26,29). The van der Waals surface area contributed by atoms with E-state index >= 15 is 0 Å². The molecular weight excluding hydrogens is 476 g/mol. The van der Waals surface area contributed by atoms with Crippen molar-refractivity contribution in [1.29, 1.82) is 0 Å². The lowest BCUT2D eigenvalue weighted by Gasteiger charge is -2.25. The lowest BCUT2D eigenvalue weighted by Crippen LogP contribution is -2.35. The van der Waals surface area contributed by atoms with E-state index in [2.05, 4.69) is 20.4 Å². The van der Waals surface area contributed by atoms with Crippen molar-refractivity contribution in [2.75, 3.05) is 30.8 Å². The molecule has 34 heavy (non-hydrogen) atoms. The number of hydrogen-bond donors (Lipinski definition) is 2. The first kappa shape index (κ1) is 23.9. The number of amides is 2. The van der Waals surface area contributed by atoms with Crippen LogP contribution >= 0.6 is 11.3 Å². The minimum Gasteiger partial charge on any atom is -0.453 e. The van der Waals surface area contributed by atoms with Crippen molar-refractivity contribution in [3.63, 3.8) is 0 Å². The number of nitrogens with zero attached hydrogens (tertiary/aromatic N) is 2. The molecule has 1 aliphatic heterocycles. The molecule has 3 aromatic rings. The number of hydrogen-bond acceptors (Lipinski definition) is 7. The van der Waals surface area contributed by atoms with Gasteiger partial charge in [0.2, 0.25) is 10.0 Å². The van der Waals surface area contributed by atoms with Gasteiger partial charge in [0.1, 0.15) is 10.7 Å². The number of aromatic nitrogens is 1. The van der Waals surface area contributed by atoms with Gasteiger partial charge in [0.05, 0.1) is 12.0 Å². The summed E-state index contributed by atoms with van der Waals surface area (Å²) >= 11 is 1.09. The molecule has 0 radical (unpaired) electrons. The van der Waals surface area contributed by atoms with Crippen LogP contribution in [0.25, 0.3) is 11.3 Å².